The first-order valence-electron chi connectivity index (χ1n) is 6.23. The lowest BCUT2D eigenvalue weighted by atomic mass is 10.1. The summed E-state index contributed by atoms with van der Waals surface area (Å²) in [5, 5.41) is 12.1. The van der Waals surface area contributed by atoms with Crippen LogP contribution in [0.5, 0.6) is 5.75 Å². The lowest BCUT2D eigenvalue weighted by Gasteiger charge is -2.37. The third-order valence-corrected chi connectivity index (χ3v) is 3.06. The van der Waals surface area contributed by atoms with E-state index in [-0.39, 0.29) is 6.04 Å². The summed E-state index contributed by atoms with van der Waals surface area (Å²) in [5.74, 6) is 0.837. The Morgan fingerprint density at radius 3 is 2.95 bits per heavy atom. The molecule has 2 N–H and O–H groups in total. The Balaban J connectivity index is 1.83. The molecule has 0 radical (unpaired) electrons. The molecule has 5 nitrogen and oxygen atoms in total. The van der Waals surface area contributed by atoms with E-state index in [1.54, 1.807) is 6.08 Å². The van der Waals surface area contributed by atoms with Gasteiger partial charge in [-0.1, -0.05) is 30.9 Å². The minimum Gasteiger partial charge on any atom is -0.489 e. The van der Waals surface area contributed by atoms with E-state index in [9.17, 15) is 4.79 Å². The first-order chi connectivity index (χ1) is 9.20. The van der Waals surface area contributed by atoms with Gasteiger partial charge in [0.05, 0.1) is 0 Å². The van der Waals surface area contributed by atoms with Crippen LogP contribution in [0.25, 0.3) is 0 Å². The first kappa shape index (κ1) is 13.4. The van der Waals surface area contributed by atoms with Gasteiger partial charge in [-0.25, -0.2) is 4.79 Å². The van der Waals surface area contributed by atoms with E-state index in [1.165, 1.54) is 4.90 Å². The van der Waals surface area contributed by atoms with Crippen molar-refractivity contribution in [1.29, 1.82) is 0 Å². The Morgan fingerprint density at radius 1 is 1.53 bits per heavy atom. The predicted molar refractivity (Wildman–Crippen MR) is 72.4 cm³/mol. The van der Waals surface area contributed by atoms with Gasteiger partial charge in [0.25, 0.3) is 0 Å². The number of likely N-dealkylation sites (tertiary alicyclic amines) is 1. The van der Waals surface area contributed by atoms with Gasteiger partial charge in [-0.05, 0) is 6.07 Å². The molecule has 0 aromatic heterocycles. The zero-order valence-corrected chi connectivity index (χ0v) is 10.7. The molecular formula is C14H18N2O3. The van der Waals surface area contributed by atoms with E-state index in [1.807, 2.05) is 24.3 Å². The molecule has 0 spiro atoms. The number of benzene rings is 1. The highest BCUT2D eigenvalue weighted by molar-refractivity contribution is 5.66. The molecule has 1 saturated heterocycles. The summed E-state index contributed by atoms with van der Waals surface area (Å²) in [7, 11) is 0. The van der Waals surface area contributed by atoms with E-state index in [2.05, 4.69) is 11.9 Å². The van der Waals surface area contributed by atoms with Crippen LogP contribution in [0.15, 0.2) is 36.9 Å². The molecule has 5 heteroatoms. The monoisotopic (exact) mass is 262 g/mol. The summed E-state index contributed by atoms with van der Waals surface area (Å²) in [6, 6.07) is 8.03. The molecule has 1 aromatic carbocycles. The van der Waals surface area contributed by atoms with Crippen molar-refractivity contribution in [3.8, 4) is 5.75 Å². The Bertz CT molecular complexity index is 456. The van der Waals surface area contributed by atoms with Crippen molar-refractivity contribution in [3.05, 3.63) is 42.5 Å². The average molecular weight is 262 g/mol. The van der Waals surface area contributed by atoms with Crippen LogP contribution in [0.1, 0.15) is 5.56 Å². The first-order valence-corrected chi connectivity index (χ1v) is 6.23. The maximum absolute atomic E-state index is 10.6. The van der Waals surface area contributed by atoms with Gasteiger partial charge < -0.3 is 20.1 Å². The van der Waals surface area contributed by atoms with Gasteiger partial charge >= 0.3 is 6.09 Å². The van der Waals surface area contributed by atoms with Gasteiger partial charge in [-0.2, -0.15) is 0 Å². The van der Waals surface area contributed by atoms with Gasteiger partial charge in [-0.3, -0.25) is 0 Å². The Labute approximate surface area is 112 Å². The molecule has 1 aliphatic heterocycles. The van der Waals surface area contributed by atoms with Crippen molar-refractivity contribution < 1.29 is 14.6 Å². The molecule has 102 valence electrons. The summed E-state index contributed by atoms with van der Waals surface area (Å²) < 4.78 is 5.57. The zero-order valence-electron chi connectivity index (χ0n) is 10.7. The van der Waals surface area contributed by atoms with Crippen LogP contribution >= 0.6 is 0 Å². The van der Waals surface area contributed by atoms with Crippen molar-refractivity contribution in [3.63, 3.8) is 0 Å². The fraction of sp³-hybridized carbons (Fsp3) is 0.357. The third kappa shape index (κ3) is 3.48. The van der Waals surface area contributed by atoms with Crippen molar-refractivity contribution in [2.45, 2.75) is 12.6 Å². The number of ether oxygens (including phenoxy) is 1. The fourth-order valence-electron chi connectivity index (χ4n) is 1.96. The number of nitrogens with zero attached hydrogens (tertiary/aromatic N) is 1. The second kappa shape index (κ2) is 6.24. The zero-order chi connectivity index (χ0) is 13.7. The standard InChI is InChI=1S/C14H18N2O3/c1-2-7-19-13-6-4-3-5-11(13)8-15-12-9-16(10-12)14(17)18/h2-6,12,15H,1,7-10H2,(H,17,18). The van der Waals surface area contributed by atoms with Gasteiger partial charge in [-0.15, -0.1) is 0 Å². The van der Waals surface area contributed by atoms with Crippen molar-refractivity contribution in [2.24, 2.45) is 0 Å². The summed E-state index contributed by atoms with van der Waals surface area (Å²) in [6.07, 6.45) is 0.855. The molecule has 2 rings (SSSR count). The fourth-order valence-corrected chi connectivity index (χ4v) is 1.96. The van der Waals surface area contributed by atoms with Crippen molar-refractivity contribution >= 4 is 6.09 Å². The number of rotatable bonds is 6. The van der Waals surface area contributed by atoms with E-state index in [0.29, 0.717) is 26.2 Å². The smallest absolute Gasteiger partial charge is 0.407 e. The molecule has 0 saturated carbocycles. The number of hydrogen-bond acceptors (Lipinski definition) is 3. The molecule has 1 aromatic rings. The summed E-state index contributed by atoms with van der Waals surface area (Å²) in [5.41, 5.74) is 1.07. The number of nitrogens with one attached hydrogen (secondary N) is 1. The topological polar surface area (TPSA) is 61.8 Å². The minimum atomic E-state index is -0.854. The van der Waals surface area contributed by atoms with Crippen LogP contribution in [-0.2, 0) is 6.54 Å². The average Bonchev–Trinajstić information content (AvgIpc) is 2.35. The Kier molecular flexibility index (Phi) is 4.41. The van der Waals surface area contributed by atoms with E-state index in [0.717, 1.165) is 11.3 Å². The summed E-state index contributed by atoms with van der Waals surface area (Å²) >= 11 is 0. The maximum Gasteiger partial charge on any atom is 0.407 e. The second-order valence-electron chi connectivity index (χ2n) is 4.47. The lowest BCUT2D eigenvalue weighted by molar-refractivity contribution is 0.0954. The number of carboxylic acid groups (broad SMARTS) is 1. The Morgan fingerprint density at radius 2 is 2.26 bits per heavy atom. The van der Waals surface area contributed by atoms with E-state index in [4.69, 9.17) is 9.84 Å². The number of hydrogen-bond donors (Lipinski definition) is 2. The largest absolute Gasteiger partial charge is 0.489 e. The van der Waals surface area contributed by atoms with Crippen LogP contribution < -0.4 is 10.1 Å². The molecule has 0 unspecified atom stereocenters. The highest BCUT2D eigenvalue weighted by Gasteiger charge is 2.29. The van der Waals surface area contributed by atoms with E-state index >= 15 is 0 Å². The molecular weight excluding hydrogens is 244 g/mol. The summed E-state index contributed by atoms with van der Waals surface area (Å²) in [6.45, 7) is 5.87. The van der Waals surface area contributed by atoms with Crippen LogP contribution in [0.4, 0.5) is 4.79 Å². The number of para-hydroxylation sites is 1. The normalized spacial score (nSPS) is 14.8. The Hall–Kier alpha value is -2.01. The predicted octanol–water partition coefficient (Wildman–Crippen LogP) is 1.70. The maximum atomic E-state index is 10.6. The van der Waals surface area contributed by atoms with E-state index < -0.39 is 6.09 Å². The van der Waals surface area contributed by atoms with Crippen LogP contribution in [0, 0.1) is 0 Å². The highest BCUT2D eigenvalue weighted by atomic mass is 16.5. The molecule has 1 heterocycles. The molecule has 1 aliphatic rings. The van der Waals surface area contributed by atoms with Crippen LogP contribution in [0.2, 0.25) is 0 Å². The molecule has 1 amide bonds. The molecule has 0 bridgehead atoms. The molecule has 0 atom stereocenters. The van der Waals surface area contributed by atoms with Crippen LogP contribution in [-0.4, -0.2) is 41.8 Å². The number of carbonyl (C=O) groups is 1. The molecule has 1 fully saturated rings. The lowest BCUT2D eigenvalue weighted by Crippen LogP contribution is -2.59. The molecule has 19 heavy (non-hydrogen) atoms. The third-order valence-electron chi connectivity index (χ3n) is 3.06. The van der Waals surface area contributed by atoms with Gasteiger partial charge in [0, 0.05) is 31.2 Å². The van der Waals surface area contributed by atoms with Gasteiger partial charge in [0.15, 0.2) is 0 Å². The van der Waals surface area contributed by atoms with Crippen molar-refractivity contribution in [2.75, 3.05) is 19.7 Å². The minimum absolute atomic E-state index is 0.226. The second-order valence-corrected chi connectivity index (χ2v) is 4.47. The molecule has 0 aliphatic carbocycles. The van der Waals surface area contributed by atoms with Crippen LogP contribution in [0.3, 0.4) is 0 Å². The quantitative estimate of drug-likeness (QED) is 0.766. The van der Waals surface area contributed by atoms with Gasteiger partial charge in [0.2, 0.25) is 0 Å². The number of amides is 1. The van der Waals surface area contributed by atoms with Crippen molar-refractivity contribution in [1.82, 2.24) is 10.2 Å². The highest BCUT2D eigenvalue weighted by Crippen LogP contribution is 2.18. The van der Waals surface area contributed by atoms with Gasteiger partial charge in [0.1, 0.15) is 12.4 Å². The summed E-state index contributed by atoms with van der Waals surface area (Å²) in [4.78, 5) is 12.0. The SMILES string of the molecule is C=CCOc1ccccc1CNC1CN(C(=O)O)C1.